The molecular weight excluding hydrogens is 434 g/mol. The van der Waals surface area contributed by atoms with Crippen LogP contribution in [0.25, 0.3) is 0 Å². The summed E-state index contributed by atoms with van der Waals surface area (Å²) in [5.74, 6) is 2.10. The standard InChI is InChI=1S/C26H37N3O5/c1-31-17-16-29(18-21-8-6-5-7-9-21)24(30)20-28-14-12-27(13-15-28)19-22-10-11-23(32-2)26(34-4)25(22)33-3/h5-11H,12-20H2,1-4H3. The summed E-state index contributed by atoms with van der Waals surface area (Å²) >= 11 is 0. The minimum absolute atomic E-state index is 0.135. The Bertz CT molecular complexity index is 901. The Morgan fingerprint density at radius 1 is 0.853 bits per heavy atom. The number of methoxy groups -OCH3 is 4. The van der Waals surface area contributed by atoms with Crippen molar-refractivity contribution in [2.45, 2.75) is 13.1 Å². The SMILES string of the molecule is COCCN(Cc1ccccc1)C(=O)CN1CCN(Cc2ccc(OC)c(OC)c2OC)CC1. The van der Waals surface area contributed by atoms with Crippen LogP contribution in [-0.4, -0.2) is 94.9 Å². The molecule has 8 heteroatoms. The average molecular weight is 472 g/mol. The molecule has 1 aliphatic heterocycles. The van der Waals surface area contributed by atoms with Gasteiger partial charge in [0.25, 0.3) is 0 Å². The van der Waals surface area contributed by atoms with Crippen LogP contribution in [0.15, 0.2) is 42.5 Å². The Kier molecular flexibility index (Phi) is 10.00. The van der Waals surface area contributed by atoms with Gasteiger partial charge in [0.2, 0.25) is 11.7 Å². The molecule has 3 rings (SSSR count). The third-order valence-corrected chi connectivity index (χ3v) is 6.14. The molecule has 2 aromatic carbocycles. The number of hydrogen-bond acceptors (Lipinski definition) is 7. The molecule has 1 saturated heterocycles. The summed E-state index contributed by atoms with van der Waals surface area (Å²) in [6, 6.07) is 14.0. The second-order valence-electron chi connectivity index (χ2n) is 8.34. The Labute approximate surface area is 202 Å². The number of carbonyl (C=O) groups excluding carboxylic acids is 1. The minimum Gasteiger partial charge on any atom is -0.493 e. The van der Waals surface area contributed by atoms with Gasteiger partial charge < -0.3 is 23.8 Å². The van der Waals surface area contributed by atoms with Gasteiger partial charge in [0, 0.05) is 58.5 Å². The highest BCUT2D eigenvalue weighted by atomic mass is 16.5. The van der Waals surface area contributed by atoms with E-state index in [1.54, 1.807) is 28.4 Å². The van der Waals surface area contributed by atoms with Gasteiger partial charge in [-0.15, -0.1) is 0 Å². The van der Waals surface area contributed by atoms with E-state index in [0.29, 0.717) is 43.5 Å². The van der Waals surface area contributed by atoms with Gasteiger partial charge in [-0.05, 0) is 11.6 Å². The molecule has 0 atom stereocenters. The zero-order chi connectivity index (χ0) is 24.3. The fraction of sp³-hybridized carbons (Fsp3) is 0.500. The number of nitrogens with zero attached hydrogens (tertiary/aromatic N) is 3. The van der Waals surface area contributed by atoms with Crippen LogP contribution >= 0.6 is 0 Å². The number of amides is 1. The predicted molar refractivity (Wildman–Crippen MR) is 132 cm³/mol. The Hall–Kier alpha value is -2.81. The predicted octanol–water partition coefficient (Wildman–Crippen LogP) is 2.51. The first-order valence-corrected chi connectivity index (χ1v) is 11.6. The Morgan fingerprint density at radius 3 is 2.15 bits per heavy atom. The highest BCUT2D eigenvalue weighted by molar-refractivity contribution is 5.78. The molecule has 0 bridgehead atoms. The monoisotopic (exact) mass is 471 g/mol. The average Bonchev–Trinajstić information content (AvgIpc) is 2.87. The summed E-state index contributed by atoms with van der Waals surface area (Å²) in [5, 5.41) is 0. The van der Waals surface area contributed by atoms with Crippen molar-refractivity contribution in [3.63, 3.8) is 0 Å². The zero-order valence-corrected chi connectivity index (χ0v) is 20.8. The van der Waals surface area contributed by atoms with Crippen LogP contribution in [0.1, 0.15) is 11.1 Å². The van der Waals surface area contributed by atoms with E-state index < -0.39 is 0 Å². The lowest BCUT2D eigenvalue weighted by molar-refractivity contribution is -0.134. The third-order valence-electron chi connectivity index (χ3n) is 6.14. The van der Waals surface area contributed by atoms with Gasteiger partial charge in [0.1, 0.15) is 0 Å². The molecule has 0 aromatic heterocycles. The fourth-order valence-electron chi connectivity index (χ4n) is 4.22. The van der Waals surface area contributed by atoms with Crippen molar-refractivity contribution in [3.05, 3.63) is 53.6 Å². The van der Waals surface area contributed by atoms with Crippen LogP contribution in [0.3, 0.4) is 0 Å². The van der Waals surface area contributed by atoms with E-state index in [-0.39, 0.29) is 5.91 Å². The molecule has 1 amide bonds. The fourth-order valence-corrected chi connectivity index (χ4v) is 4.22. The van der Waals surface area contributed by atoms with E-state index in [1.165, 1.54) is 0 Å². The van der Waals surface area contributed by atoms with Gasteiger partial charge in [-0.25, -0.2) is 0 Å². The second kappa shape index (κ2) is 13.2. The third kappa shape index (κ3) is 6.85. The lowest BCUT2D eigenvalue weighted by atomic mass is 10.1. The number of ether oxygens (including phenoxy) is 4. The molecule has 2 aromatic rings. The van der Waals surface area contributed by atoms with Gasteiger partial charge in [0.15, 0.2) is 11.5 Å². The van der Waals surface area contributed by atoms with Gasteiger partial charge in [-0.1, -0.05) is 36.4 Å². The summed E-state index contributed by atoms with van der Waals surface area (Å²) < 4.78 is 21.8. The van der Waals surface area contributed by atoms with E-state index in [4.69, 9.17) is 18.9 Å². The van der Waals surface area contributed by atoms with Crippen molar-refractivity contribution in [2.24, 2.45) is 0 Å². The van der Waals surface area contributed by atoms with Gasteiger partial charge in [0.05, 0.1) is 34.5 Å². The maximum atomic E-state index is 13.1. The summed E-state index contributed by atoms with van der Waals surface area (Å²) in [7, 11) is 6.55. The van der Waals surface area contributed by atoms with Crippen molar-refractivity contribution < 1.29 is 23.7 Å². The van der Waals surface area contributed by atoms with Crippen LogP contribution in [0, 0.1) is 0 Å². The van der Waals surface area contributed by atoms with Crippen molar-refractivity contribution in [1.82, 2.24) is 14.7 Å². The molecular formula is C26H37N3O5. The number of piperazine rings is 1. The second-order valence-corrected chi connectivity index (χ2v) is 8.34. The summed E-state index contributed by atoms with van der Waals surface area (Å²) in [4.78, 5) is 19.6. The van der Waals surface area contributed by atoms with Crippen molar-refractivity contribution in [3.8, 4) is 17.2 Å². The first kappa shape index (κ1) is 25.8. The van der Waals surface area contributed by atoms with E-state index in [2.05, 4.69) is 9.80 Å². The summed E-state index contributed by atoms with van der Waals surface area (Å²) in [6.07, 6.45) is 0. The molecule has 0 spiro atoms. The normalized spacial score (nSPS) is 14.6. The maximum Gasteiger partial charge on any atom is 0.237 e. The molecule has 0 unspecified atom stereocenters. The summed E-state index contributed by atoms with van der Waals surface area (Å²) in [6.45, 7) is 6.31. The highest BCUT2D eigenvalue weighted by Crippen LogP contribution is 2.40. The van der Waals surface area contributed by atoms with Gasteiger partial charge in [-0.3, -0.25) is 14.6 Å². The van der Waals surface area contributed by atoms with Crippen LogP contribution in [0.4, 0.5) is 0 Å². The topological polar surface area (TPSA) is 63.7 Å². The lowest BCUT2D eigenvalue weighted by Crippen LogP contribution is -2.50. The minimum atomic E-state index is 0.135. The maximum absolute atomic E-state index is 13.1. The zero-order valence-electron chi connectivity index (χ0n) is 20.8. The van der Waals surface area contributed by atoms with Crippen molar-refractivity contribution in [2.75, 3.05) is 74.3 Å². The van der Waals surface area contributed by atoms with E-state index in [0.717, 1.165) is 43.9 Å². The smallest absolute Gasteiger partial charge is 0.237 e. The molecule has 186 valence electrons. The molecule has 1 aliphatic rings. The largest absolute Gasteiger partial charge is 0.493 e. The van der Waals surface area contributed by atoms with Crippen molar-refractivity contribution >= 4 is 5.91 Å². The van der Waals surface area contributed by atoms with E-state index in [9.17, 15) is 4.79 Å². The molecule has 0 radical (unpaired) electrons. The van der Waals surface area contributed by atoms with Crippen LogP contribution in [0.5, 0.6) is 17.2 Å². The Balaban J connectivity index is 1.55. The van der Waals surface area contributed by atoms with Gasteiger partial charge in [-0.2, -0.15) is 0 Å². The van der Waals surface area contributed by atoms with E-state index >= 15 is 0 Å². The molecule has 0 aliphatic carbocycles. The molecule has 1 heterocycles. The van der Waals surface area contributed by atoms with Crippen LogP contribution in [0.2, 0.25) is 0 Å². The molecule has 1 fully saturated rings. The molecule has 0 saturated carbocycles. The van der Waals surface area contributed by atoms with Crippen LogP contribution in [-0.2, 0) is 22.6 Å². The van der Waals surface area contributed by atoms with Crippen LogP contribution < -0.4 is 14.2 Å². The van der Waals surface area contributed by atoms with E-state index in [1.807, 2.05) is 47.4 Å². The van der Waals surface area contributed by atoms with Crippen molar-refractivity contribution in [1.29, 1.82) is 0 Å². The highest BCUT2D eigenvalue weighted by Gasteiger charge is 2.24. The Morgan fingerprint density at radius 2 is 1.53 bits per heavy atom. The number of benzene rings is 2. The molecule has 8 nitrogen and oxygen atoms in total. The quantitative estimate of drug-likeness (QED) is 0.471. The van der Waals surface area contributed by atoms with Gasteiger partial charge >= 0.3 is 0 Å². The number of carbonyl (C=O) groups is 1. The first-order valence-electron chi connectivity index (χ1n) is 11.6. The first-order chi connectivity index (χ1) is 16.6. The lowest BCUT2D eigenvalue weighted by Gasteiger charge is -2.35. The molecule has 0 N–H and O–H groups in total. The number of hydrogen-bond donors (Lipinski definition) is 0. The molecule has 34 heavy (non-hydrogen) atoms. The number of rotatable bonds is 12. The summed E-state index contributed by atoms with van der Waals surface area (Å²) in [5.41, 5.74) is 2.18.